The van der Waals surface area contributed by atoms with Crippen molar-refractivity contribution in [3.05, 3.63) is 48.9 Å². The zero-order chi connectivity index (χ0) is 16.3. The fourth-order valence-corrected chi connectivity index (χ4v) is 2.18. The normalized spacial score (nSPS) is 13.4. The molecule has 9 heteroatoms. The lowest BCUT2D eigenvalue weighted by molar-refractivity contribution is -0.146. The average Bonchev–Trinajstić information content (AvgIpc) is 2.46. The smallest absolute Gasteiger partial charge is 0.378 e. The van der Waals surface area contributed by atoms with Gasteiger partial charge in [0.1, 0.15) is 15.8 Å². The Kier molecular flexibility index (Phi) is 6.38. The van der Waals surface area contributed by atoms with Crippen molar-refractivity contribution in [1.82, 2.24) is 0 Å². The number of rotatable bonds is 4. The number of hydrogen-bond donors (Lipinski definition) is 2. The van der Waals surface area contributed by atoms with E-state index in [2.05, 4.69) is 0 Å². The number of aliphatic hydroxyl groups excluding tert-OH is 1. The SMILES string of the molecule is O=C(O)C(=O)/C(Cl)=C(Cl)/C(Cl)=C(\O)c1cccc(Cl)c1Cl. The van der Waals surface area contributed by atoms with Gasteiger partial charge in [0.2, 0.25) is 0 Å². The van der Waals surface area contributed by atoms with Crippen LogP contribution in [0.4, 0.5) is 0 Å². The molecule has 1 rings (SSSR count). The lowest BCUT2D eigenvalue weighted by Gasteiger charge is -2.08. The molecule has 0 bridgehead atoms. The topological polar surface area (TPSA) is 74.6 Å². The summed E-state index contributed by atoms with van der Waals surface area (Å²) in [5.74, 6) is -3.89. The van der Waals surface area contributed by atoms with Crippen molar-refractivity contribution >= 4 is 75.5 Å². The van der Waals surface area contributed by atoms with Crippen LogP contribution in [0.25, 0.3) is 5.76 Å². The maximum absolute atomic E-state index is 11.2. The monoisotopic (exact) mass is 388 g/mol. The first-order valence-electron chi connectivity index (χ1n) is 5.04. The van der Waals surface area contributed by atoms with Gasteiger partial charge in [0.25, 0.3) is 5.78 Å². The number of carboxylic acid groups (broad SMARTS) is 1. The number of hydrogen-bond acceptors (Lipinski definition) is 3. The fraction of sp³-hybridized carbons (Fsp3) is 0. The maximum Gasteiger partial charge on any atom is 0.378 e. The van der Waals surface area contributed by atoms with Crippen LogP contribution >= 0.6 is 58.0 Å². The Morgan fingerprint density at radius 1 is 0.905 bits per heavy atom. The van der Waals surface area contributed by atoms with E-state index in [0.717, 1.165) is 0 Å². The van der Waals surface area contributed by atoms with Crippen LogP contribution in [0.3, 0.4) is 0 Å². The van der Waals surface area contributed by atoms with Crippen LogP contribution in [0.1, 0.15) is 5.56 Å². The highest BCUT2D eigenvalue weighted by molar-refractivity contribution is 6.61. The molecule has 0 unspecified atom stereocenters. The molecule has 0 heterocycles. The molecular formula is C12H5Cl5O4. The van der Waals surface area contributed by atoms with Gasteiger partial charge in [-0.25, -0.2) is 4.79 Å². The quantitative estimate of drug-likeness (QED) is 0.335. The van der Waals surface area contributed by atoms with Gasteiger partial charge in [-0.3, -0.25) is 4.79 Å². The van der Waals surface area contributed by atoms with Gasteiger partial charge in [-0.1, -0.05) is 64.1 Å². The van der Waals surface area contributed by atoms with Crippen LogP contribution in [0.15, 0.2) is 33.3 Å². The first-order valence-corrected chi connectivity index (χ1v) is 6.93. The number of carbonyl (C=O) groups is 2. The van der Waals surface area contributed by atoms with E-state index in [1.54, 1.807) is 0 Å². The lowest BCUT2D eigenvalue weighted by Crippen LogP contribution is -2.13. The summed E-state index contributed by atoms with van der Waals surface area (Å²) in [5.41, 5.74) is 0.0413. The molecule has 1 aromatic rings. The number of benzene rings is 1. The minimum absolute atomic E-state index is 0.0000307. The second-order valence-electron chi connectivity index (χ2n) is 3.53. The van der Waals surface area contributed by atoms with Gasteiger partial charge in [0.05, 0.1) is 15.1 Å². The summed E-state index contributed by atoms with van der Waals surface area (Å²) in [6.07, 6.45) is 0. The number of halogens is 5. The summed E-state index contributed by atoms with van der Waals surface area (Å²) in [5, 5.41) is 16.7. The number of carbonyl (C=O) groups excluding carboxylic acids is 1. The summed E-state index contributed by atoms with van der Waals surface area (Å²) < 4.78 is 0. The predicted octanol–water partition coefficient (Wildman–Crippen LogP) is 4.80. The van der Waals surface area contributed by atoms with Crippen LogP contribution in [-0.4, -0.2) is 22.0 Å². The van der Waals surface area contributed by atoms with Crippen molar-refractivity contribution in [2.75, 3.05) is 0 Å². The first kappa shape index (κ1) is 18.1. The molecule has 0 saturated carbocycles. The lowest BCUT2D eigenvalue weighted by atomic mass is 10.1. The van der Waals surface area contributed by atoms with Gasteiger partial charge in [0, 0.05) is 5.56 Å². The van der Waals surface area contributed by atoms with Gasteiger partial charge in [-0.2, -0.15) is 0 Å². The second-order valence-corrected chi connectivity index (χ2v) is 5.45. The van der Waals surface area contributed by atoms with E-state index in [-0.39, 0.29) is 15.6 Å². The van der Waals surface area contributed by atoms with E-state index in [1.807, 2.05) is 0 Å². The van der Waals surface area contributed by atoms with Crippen molar-refractivity contribution in [2.45, 2.75) is 0 Å². The van der Waals surface area contributed by atoms with E-state index < -0.39 is 32.6 Å². The zero-order valence-electron chi connectivity index (χ0n) is 9.83. The number of ketones is 1. The Morgan fingerprint density at radius 2 is 1.48 bits per heavy atom. The third kappa shape index (κ3) is 4.05. The Morgan fingerprint density at radius 3 is 2.00 bits per heavy atom. The Labute approximate surface area is 144 Å². The number of aliphatic carboxylic acids is 1. The Hall–Kier alpha value is -0.910. The van der Waals surface area contributed by atoms with Crippen molar-refractivity contribution in [1.29, 1.82) is 0 Å². The standard InChI is InChI=1S/C12H5Cl5O4/c13-5-3-1-2-4(6(5)14)10(18)8(16)7(15)9(17)11(19)12(20)21/h1-3,18H,(H,20,21)/b9-7+,10-8+. The number of allylic oxidation sites excluding steroid dienone is 2. The third-order valence-corrected chi connectivity index (χ3v) is 4.31. The van der Waals surface area contributed by atoms with E-state index in [9.17, 15) is 14.7 Å². The number of aliphatic hydroxyl groups is 1. The molecule has 2 N–H and O–H groups in total. The van der Waals surface area contributed by atoms with E-state index in [0.29, 0.717) is 0 Å². The van der Waals surface area contributed by atoms with Gasteiger partial charge >= 0.3 is 5.97 Å². The highest BCUT2D eigenvalue weighted by Gasteiger charge is 2.23. The van der Waals surface area contributed by atoms with Gasteiger partial charge in [-0.05, 0) is 12.1 Å². The van der Waals surface area contributed by atoms with E-state index in [4.69, 9.17) is 63.1 Å². The molecule has 0 saturated heterocycles. The second kappa shape index (κ2) is 7.38. The summed E-state index contributed by atoms with van der Waals surface area (Å²) in [7, 11) is 0. The molecule has 4 nitrogen and oxygen atoms in total. The average molecular weight is 390 g/mol. The summed E-state index contributed by atoms with van der Waals surface area (Å²) >= 11 is 28.7. The molecular weight excluding hydrogens is 385 g/mol. The maximum atomic E-state index is 11.2. The number of carboxylic acids is 1. The fourth-order valence-electron chi connectivity index (χ4n) is 1.20. The summed E-state index contributed by atoms with van der Waals surface area (Å²) in [4.78, 5) is 21.7. The van der Waals surface area contributed by atoms with Crippen LogP contribution in [0.2, 0.25) is 10.0 Å². The minimum Gasteiger partial charge on any atom is -0.506 e. The van der Waals surface area contributed by atoms with E-state index >= 15 is 0 Å². The zero-order valence-corrected chi connectivity index (χ0v) is 13.6. The minimum atomic E-state index is -1.82. The molecule has 0 aliphatic rings. The Bertz CT molecular complexity index is 678. The molecule has 0 fully saturated rings. The molecule has 0 aliphatic carbocycles. The van der Waals surface area contributed by atoms with Gasteiger partial charge in [0.15, 0.2) is 0 Å². The van der Waals surface area contributed by atoms with Crippen molar-refractivity contribution in [3.8, 4) is 0 Å². The van der Waals surface area contributed by atoms with Crippen LogP contribution < -0.4 is 0 Å². The highest BCUT2D eigenvalue weighted by atomic mass is 35.5. The first-order chi connectivity index (χ1) is 9.68. The third-order valence-electron chi connectivity index (χ3n) is 2.19. The Balaban J connectivity index is 3.42. The van der Waals surface area contributed by atoms with Gasteiger partial charge in [-0.15, -0.1) is 0 Å². The largest absolute Gasteiger partial charge is 0.506 e. The molecule has 0 atom stereocenters. The molecule has 0 aromatic heterocycles. The van der Waals surface area contributed by atoms with E-state index in [1.165, 1.54) is 18.2 Å². The van der Waals surface area contributed by atoms with Crippen LogP contribution in [0.5, 0.6) is 0 Å². The molecule has 0 radical (unpaired) electrons. The van der Waals surface area contributed by atoms with Crippen LogP contribution in [-0.2, 0) is 9.59 Å². The van der Waals surface area contributed by atoms with Crippen molar-refractivity contribution in [2.24, 2.45) is 0 Å². The molecule has 112 valence electrons. The molecule has 0 aliphatic heterocycles. The van der Waals surface area contributed by atoms with Crippen molar-refractivity contribution < 1.29 is 19.8 Å². The number of Topliss-reactive ketones (excluding diaryl/α,β-unsaturated/α-hetero) is 1. The van der Waals surface area contributed by atoms with Crippen molar-refractivity contribution in [3.63, 3.8) is 0 Å². The summed E-state index contributed by atoms with van der Waals surface area (Å²) in [6, 6.07) is 4.36. The molecule has 21 heavy (non-hydrogen) atoms. The molecule has 0 amide bonds. The van der Waals surface area contributed by atoms with Gasteiger partial charge < -0.3 is 10.2 Å². The predicted molar refractivity (Wildman–Crippen MR) is 83.2 cm³/mol. The summed E-state index contributed by atoms with van der Waals surface area (Å²) in [6.45, 7) is 0. The molecule has 1 aromatic carbocycles. The highest BCUT2D eigenvalue weighted by Crippen LogP contribution is 2.36. The van der Waals surface area contributed by atoms with Crippen LogP contribution in [0, 0.1) is 0 Å². The molecule has 0 spiro atoms.